The lowest BCUT2D eigenvalue weighted by Gasteiger charge is -2.35. The van der Waals surface area contributed by atoms with E-state index >= 15 is 0 Å². The summed E-state index contributed by atoms with van der Waals surface area (Å²) in [5.74, 6) is -1.16. The summed E-state index contributed by atoms with van der Waals surface area (Å²) >= 11 is 0. The van der Waals surface area contributed by atoms with Crippen molar-refractivity contribution in [2.45, 2.75) is 44.1 Å². The van der Waals surface area contributed by atoms with Crippen LogP contribution < -0.4 is 5.73 Å². The molecule has 2 aliphatic rings. The summed E-state index contributed by atoms with van der Waals surface area (Å²) in [5.41, 5.74) is 10.7. The fourth-order valence-corrected chi connectivity index (χ4v) is 5.20. The number of carbonyl (C=O) groups excluding carboxylic acids is 1. The number of imidazole rings is 1. The number of carboxylic acid groups (broad SMARTS) is 1. The van der Waals surface area contributed by atoms with Crippen molar-refractivity contribution in [3.63, 3.8) is 0 Å². The van der Waals surface area contributed by atoms with Crippen LogP contribution in [-0.2, 0) is 23.1 Å². The highest BCUT2D eigenvalue weighted by Crippen LogP contribution is 2.36. The van der Waals surface area contributed by atoms with Crippen LogP contribution in [0.2, 0.25) is 0 Å². The second-order valence-corrected chi connectivity index (χ2v) is 10.5. The number of likely N-dealkylation sites (tertiary alicyclic amines) is 1. The zero-order valence-corrected chi connectivity index (χ0v) is 22.6. The van der Waals surface area contributed by atoms with Crippen molar-refractivity contribution >= 4 is 33.9 Å². The number of piperidine rings is 1. The molecule has 1 aliphatic carbocycles. The molecule has 0 spiro atoms. The van der Waals surface area contributed by atoms with Gasteiger partial charge in [-0.3, -0.25) is 4.79 Å². The van der Waals surface area contributed by atoms with Crippen molar-refractivity contribution in [3.8, 4) is 11.5 Å². The van der Waals surface area contributed by atoms with E-state index in [-0.39, 0.29) is 18.1 Å². The van der Waals surface area contributed by atoms with Crippen LogP contribution in [0.15, 0.2) is 42.6 Å². The van der Waals surface area contributed by atoms with Crippen LogP contribution in [0.1, 0.15) is 29.6 Å². The van der Waals surface area contributed by atoms with Gasteiger partial charge in [-0.15, -0.1) is 0 Å². The number of carbonyl (C=O) groups is 2. The second-order valence-electron chi connectivity index (χ2n) is 10.5. The Hall–Kier alpha value is -3.97. The number of alkyl halides is 3. The maximum atomic E-state index is 13.2. The molecule has 41 heavy (non-hydrogen) atoms. The van der Waals surface area contributed by atoms with Crippen molar-refractivity contribution in [3.05, 3.63) is 48.2 Å². The minimum absolute atomic E-state index is 0.00163. The highest BCUT2D eigenvalue weighted by Gasteiger charge is 2.38. The SMILES string of the molecule is CO[C@@H]1CCN(C(=O)c2ccc3c(c2)nc(-c2cc4cccnc4n2CC2CC2)n3C)C[C@@H]1N.O=C(O)C(F)(F)F. The molecule has 2 fully saturated rings. The minimum Gasteiger partial charge on any atom is -0.475 e. The number of aromatic nitrogens is 4. The van der Waals surface area contributed by atoms with Crippen molar-refractivity contribution in [2.75, 3.05) is 20.2 Å². The van der Waals surface area contributed by atoms with E-state index in [0.717, 1.165) is 46.6 Å². The van der Waals surface area contributed by atoms with E-state index in [9.17, 15) is 18.0 Å². The lowest BCUT2D eigenvalue weighted by Crippen LogP contribution is -2.53. The van der Waals surface area contributed by atoms with Crippen molar-refractivity contribution in [1.29, 1.82) is 0 Å². The van der Waals surface area contributed by atoms with Gasteiger partial charge >= 0.3 is 12.1 Å². The molecule has 0 bridgehead atoms. The molecule has 1 aromatic carbocycles. The van der Waals surface area contributed by atoms with E-state index in [1.165, 1.54) is 12.8 Å². The molecule has 1 saturated heterocycles. The Kier molecular flexibility index (Phi) is 7.75. The third-order valence-electron chi connectivity index (χ3n) is 7.57. The molecule has 4 heterocycles. The number of aliphatic carboxylic acids is 1. The van der Waals surface area contributed by atoms with Crippen molar-refractivity contribution in [2.24, 2.45) is 18.7 Å². The van der Waals surface area contributed by atoms with Crippen molar-refractivity contribution in [1.82, 2.24) is 24.0 Å². The highest BCUT2D eigenvalue weighted by atomic mass is 19.4. The fourth-order valence-electron chi connectivity index (χ4n) is 5.20. The lowest BCUT2D eigenvalue weighted by atomic mass is 10.0. The third-order valence-corrected chi connectivity index (χ3v) is 7.57. The van der Waals surface area contributed by atoms with E-state index in [1.807, 2.05) is 42.4 Å². The Balaban J connectivity index is 0.000000431. The molecule has 10 nitrogen and oxygen atoms in total. The van der Waals surface area contributed by atoms with E-state index in [4.69, 9.17) is 25.4 Å². The maximum absolute atomic E-state index is 13.2. The summed E-state index contributed by atoms with van der Waals surface area (Å²) in [6, 6.07) is 11.9. The number of amides is 1. The highest BCUT2D eigenvalue weighted by molar-refractivity contribution is 5.98. The summed E-state index contributed by atoms with van der Waals surface area (Å²) in [5, 5.41) is 8.25. The van der Waals surface area contributed by atoms with Gasteiger partial charge in [0.25, 0.3) is 5.91 Å². The molecule has 4 aromatic rings. The first-order chi connectivity index (χ1) is 19.5. The van der Waals surface area contributed by atoms with E-state index in [1.54, 1.807) is 7.11 Å². The summed E-state index contributed by atoms with van der Waals surface area (Å²) in [4.78, 5) is 33.6. The summed E-state index contributed by atoms with van der Waals surface area (Å²) in [6.07, 6.45) is 0.0563. The first kappa shape index (κ1) is 28.6. The van der Waals surface area contributed by atoms with E-state index in [0.29, 0.717) is 24.6 Å². The van der Waals surface area contributed by atoms with Crippen LogP contribution >= 0.6 is 0 Å². The monoisotopic (exact) mass is 572 g/mol. The average molecular weight is 573 g/mol. The number of benzene rings is 1. The number of hydrogen-bond donors (Lipinski definition) is 2. The van der Waals surface area contributed by atoms with Gasteiger partial charge in [0.05, 0.1) is 22.8 Å². The third kappa shape index (κ3) is 5.91. The van der Waals surface area contributed by atoms with Gasteiger partial charge in [0.2, 0.25) is 0 Å². The van der Waals surface area contributed by atoms with Crippen LogP contribution in [-0.4, -0.2) is 79.5 Å². The zero-order chi connectivity index (χ0) is 29.5. The number of aryl methyl sites for hydroxylation is 1. The van der Waals surface area contributed by atoms with Crippen LogP contribution in [0.25, 0.3) is 33.6 Å². The number of halogens is 3. The number of methoxy groups -OCH3 is 1. The number of nitrogens with zero attached hydrogens (tertiary/aromatic N) is 5. The van der Waals surface area contributed by atoms with Crippen molar-refractivity contribution < 1.29 is 32.6 Å². The number of hydrogen-bond acceptors (Lipinski definition) is 6. The smallest absolute Gasteiger partial charge is 0.475 e. The van der Waals surface area contributed by atoms with Crippen LogP contribution in [0, 0.1) is 5.92 Å². The topological polar surface area (TPSA) is 128 Å². The summed E-state index contributed by atoms with van der Waals surface area (Å²) in [7, 11) is 3.71. The number of rotatable bonds is 5. The van der Waals surface area contributed by atoms with E-state index < -0.39 is 12.1 Å². The molecule has 6 rings (SSSR count). The molecule has 1 saturated carbocycles. The van der Waals surface area contributed by atoms with Gasteiger partial charge in [-0.2, -0.15) is 13.2 Å². The average Bonchev–Trinajstić information content (AvgIpc) is 3.61. The second kappa shape index (κ2) is 11.1. The Morgan fingerprint density at radius 2 is 1.90 bits per heavy atom. The molecular formula is C28H31F3N6O4. The summed E-state index contributed by atoms with van der Waals surface area (Å²) < 4.78 is 41.6. The Labute approximate surface area is 233 Å². The quantitative estimate of drug-likeness (QED) is 0.372. The molecule has 0 unspecified atom stereocenters. The molecule has 13 heteroatoms. The first-order valence-corrected chi connectivity index (χ1v) is 13.3. The minimum atomic E-state index is -5.08. The maximum Gasteiger partial charge on any atom is 0.490 e. The predicted octanol–water partition coefficient (Wildman–Crippen LogP) is 3.82. The van der Waals surface area contributed by atoms with E-state index in [2.05, 4.69) is 26.3 Å². The number of fused-ring (bicyclic) bond motifs is 2. The number of pyridine rings is 1. The van der Waals surface area contributed by atoms with Gasteiger partial charge in [-0.05, 0) is 61.6 Å². The molecule has 3 aromatic heterocycles. The van der Waals surface area contributed by atoms with Crippen LogP contribution in [0.5, 0.6) is 0 Å². The van der Waals surface area contributed by atoms with Gasteiger partial charge in [-0.1, -0.05) is 0 Å². The molecular weight excluding hydrogens is 541 g/mol. The molecule has 1 aliphatic heterocycles. The van der Waals surface area contributed by atoms with Gasteiger partial charge in [-0.25, -0.2) is 14.8 Å². The van der Waals surface area contributed by atoms with Crippen LogP contribution in [0.4, 0.5) is 13.2 Å². The molecule has 0 radical (unpaired) electrons. The Morgan fingerprint density at radius 3 is 2.54 bits per heavy atom. The lowest BCUT2D eigenvalue weighted by molar-refractivity contribution is -0.192. The molecule has 218 valence electrons. The zero-order valence-electron chi connectivity index (χ0n) is 22.6. The van der Waals surface area contributed by atoms with Crippen LogP contribution in [0.3, 0.4) is 0 Å². The molecule has 1 amide bonds. The number of ether oxygens (including phenoxy) is 1. The Morgan fingerprint density at radius 1 is 1.17 bits per heavy atom. The predicted molar refractivity (Wildman–Crippen MR) is 145 cm³/mol. The van der Waals surface area contributed by atoms with Gasteiger partial charge < -0.3 is 29.6 Å². The van der Waals surface area contributed by atoms with Gasteiger partial charge in [0.1, 0.15) is 5.65 Å². The molecule has 2 atom stereocenters. The standard InChI is InChI=1S/C26H30N6O2.C2HF3O2/c1-30-21-8-7-18(26(33)31-11-9-23(34-2)19(27)15-31)12-20(21)29-25(30)22-13-17-4-3-10-28-24(17)32(22)14-16-5-6-16;3-2(4,5)1(6)7/h3-4,7-8,10,12-13,16,19,23H,5-6,9,11,14-15,27H2,1-2H3;(H,6,7)/t19-,23+;/m0./s1. The largest absolute Gasteiger partial charge is 0.490 e. The number of nitrogens with two attached hydrogens (primary N) is 1. The van der Waals surface area contributed by atoms with Gasteiger partial charge in [0, 0.05) is 57.0 Å². The number of carboxylic acids is 1. The van der Waals surface area contributed by atoms with Gasteiger partial charge in [0.15, 0.2) is 5.82 Å². The Bertz CT molecular complexity index is 1590. The fraction of sp³-hybridized carbons (Fsp3) is 0.429. The normalized spacial score (nSPS) is 19.3. The first-order valence-electron chi connectivity index (χ1n) is 13.3. The molecule has 3 N–H and O–H groups in total. The summed E-state index contributed by atoms with van der Waals surface area (Å²) in [6.45, 7) is 2.10.